The largest absolute Gasteiger partial charge is 0.393 e. The number of hydrogen-bond acceptors (Lipinski definition) is 3. The zero-order valence-electron chi connectivity index (χ0n) is 11.0. The van der Waals surface area contributed by atoms with Crippen molar-refractivity contribution in [1.82, 2.24) is 0 Å². The molecule has 0 aromatic heterocycles. The van der Waals surface area contributed by atoms with E-state index in [-0.39, 0.29) is 12.4 Å². The Morgan fingerprint density at radius 2 is 1.80 bits per heavy atom. The molecule has 0 rings (SSSR count). The first-order valence-corrected chi connectivity index (χ1v) is 8.85. The molecule has 0 radical (unpaired) electrons. The maximum Gasteiger partial charge on any atom is 0.190 e. The summed E-state index contributed by atoms with van der Waals surface area (Å²) >= 11 is 0. The third kappa shape index (κ3) is 7.96. The van der Waals surface area contributed by atoms with Crippen LogP contribution in [0, 0.1) is 0 Å². The summed E-state index contributed by atoms with van der Waals surface area (Å²) < 4.78 is 16.6. The van der Waals surface area contributed by atoms with Gasteiger partial charge in [0, 0.05) is 7.11 Å². The molecule has 0 spiro atoms. The minimum Gasteiger partial charge on any atom is -0.393 e. The summed E-state index contributed by atoms with van der Waals surface area (Å²) in [5.41, 5.74) is 0. The standard InChI is InChI=1S/C11H26O3Si/c1-7-8-15(5,6)14-11(3)13-9-10(2)12-4/h10-11H,7-9H2,1-6H3. The van der Waals surface area contributed by atoms with E-state index in [4.69, 9.17) is 13.9 Å². The maximum atomic E-state index is 5.93. The maximum absolute atomic E-state index is 5.93. The van der Waals surface area contributed by atoms with Crippen LogP contribution in [0.1, 0.15) is 27.2 Å². The summed E-state index contributed by atoms with van der Waals surface area (Å²) in [5.74, 6) is 0. The van der Waals surface area contributed by atoms with Crippen LogP contribution >= 0.6 is 0 Å². The highest BCUT2D eigenvalue weighted by molar-refractivity contribution is 6.71. The van der Waals surface area contributed by atoms with Crippen LogP contribution in [0.25, 0.3) is 0 Å². The molecule has 2 unspecified atom stereocenters. The van der Waals surface area contributed by atoms with Gasteiger partial charge in [0.05, 0.1) is 12.7 Å². The van der Waals surface area contributed by atoms with Gasteiger partial charge in [-0.25, -0.2) is 0 Å². The molecule has 0 aliphatic rings. The fourth-order valence-electron chi connectivity index (χ4n) is 1.48. The monoisotopic (exact) mass is 234 g/mol. The molecule has 0 heterocycles. The first-order valence-electron chi connectivity index (χ1n) is 5.73. The Balaban J connectivity index is 3.77. The molecule has 0 N–H and O–H groups in total. The van der Waals surface area contributed by atoms with E-state index in [1.165, 1.54) is 12.5 Å². The average Bonchev–Trinajstić information content (AvgIpc) is 2.13. The van der Waals surface area contributed by atoms with E-state index in [9.17, 15) is 0 Å². The molecule has 0 saturated carbocycles. The van der Waals surface area contributed by atoms with Gasteiger partial charge in [-0.05, 0) is 33.0 Å². The predicted octanol–water partition coefficient (Wildman–Crippen LogP) is 3.02. The Bertz CT molecular complexity index is 162. The van der Waals surface area contributed by atoms with Gasteiger partial charge < -0.3 is 13.9 Å². The SMILES string of the molecule is CCC[Si](C)(C)OC(C)OCC(C)OC. The van der Waals surface area contributed by atoms with Gasteiger partial charge in [-0.2, -0.15) is 0 Å². The van der Waals surface area contributed by atoms with E-state index < -0.39 is 8.32 Å². The van der Waals surface area contributed by atoms with Crippen molar-refractivity contribution in [2.75, 3.05) is 13.7 Å². The van der Waals surface area contributed by atoms with Crippen molar-refractivity contribution in [3.63, 3.8) is 0 Å². The average molecular weight is 234 g/mol. The summed E-state index contributed by atoms with van der Waals surface area (Å²) in [6.07, 6.45) is 1.20. The zero-order valence-corrected chi connectivity index (χ0v) is 12.0. The van der Waals surface area contributed by atoms with Crippen LogP contribution < -0.4 is 0 Å². The van der Waals surface area contributed by atoms with Gasteiger partial charge in [-0.3, -0.25) is 0 Å². The van der Waals surface area contributed by atoms with Crippen LogP contribution in [-0.4, -0.2) is 34.4 Å². The molecule has 0 aromatic rings. The summed E-state index contributed by atoms with van der Waals surface area (Å²) in [5, 5.41) is 0. The van der Waals surface area contributed by atoms with Crippen molar-refractivity contribution in [1.29, 1.82) is 0 Å². The highest BCUT2D eigenvalue weighted by atomic mass is 28.4. The van der Waals surface area contributed by atoms with Crippen LogP contribution in [-0.2, 0) is 13.9 Å². The second-order valence-electron chi connectivity index (χ2n) is 4.57. The number of ether oxygens (including phenoxy) is 2. The number of rotatable bonds is 8. The molecule has 0 amide bonds. The molecule has 92 valence electrons. The first-order chi connectivity index (χ1) is 6.91. The predicted molar refractivity (Wildman–Crippen MR) is 65.6 cm³/mol. The second kappa shape index (κ2) is 7.38. The number of methoxy groups -OCH3 is 1. The van der Waals surface area contributed by atoms with E-state index in [0.29, 0.717) is 6.61 Å². The van der Waals surface area contributed by atoms with E-state index in [0.717, 1.165) is 0 Å². The fraction of sp³-hybridized carbons (Fsp3) is 1.00. The number of hydrogen-bond donors (Lipinski definition) is 0. The minimum atomic E-state index is -1.51. The molecule has 0 aromatic carbocycles. The van der Waals surface area contributed by atoms with Crippen molar-refractivity contribution in [3.8, 4) is 0 Å². The smallest absolute Gasteiger partial charge is 0.190 e. The van der Waals surface area contributed by atoms with Crippen LogP contribution in [0.4, 0.5) is 0 Å². The van der Waals surface area contributed by atoms with Crippen molar-refractivity contribution in [3.05, 3.63) is 0 Å². The lowest BCUT2D eigenvalue weighted by atomic mass is 10.4. The molecule has 0 bridgehead atoms. The normalized spacial score (nSPS) is 16.4. The molecule has 0 aliphatic heterocycles. The molecule has 2 atom stereocenters. The van der Waals surface area contributed by atoms with Crippen molar-refractivity contribution < 1.29 is 13.9 Å². The summed E-state index contributed by atoms with van der Waals surface area (Å²) in [7, 11) is 0.175. The van der Waals surface area contributed by atoms with E-state index in [2.05, 4.69) is 20.0 Å². The van der Waals surface area contributed by atoms with Gasteiger partial charge in [-0.1, -0.05) is 13.3 Å². The van der Waals surface area contributed by atoms with E-state index >= 15 is 0 Å². The van der Waals surface area contributed by atoms with E-state index in [1.807, 2.05) is 13.8 Å². The van der Waals surface area contributed by atoms with Crippen molar-refractivity contribution in [2.45, 2.75) is 58.7 Å². The lowest BCUT2D eigenvalue weighted by molar-refractivity contribution is -0.102. The minimum absolute atomic E-state index is 0.115. The van der Waals surface area contributed by atoms with Crippen LogP contribution in [0.15, 0.2) is 0 Å². The first kappa shape index (κ1) is 15.1. The van der Waals surface area contributed by atoms with Crippen LogP contribution in [0.5, 0.6) is 0 Å². The lowest BCUT2D eigenvalue weighted by Crippen LogP contribution is -2.36. The topological polar surface area (TPSA) is 27.7 Å². The van der Waals surface area contributed by atoms with Gasteiger partial charge >= 0.3 is 0 Å². The molecular weight excluding hydrogens is 208 g/mol. The van der Waals surface area contributed by atoms with Crippen molar-refractivity contribution >= 4 is 8.32 Å². The third-order valence-electron chi connectivity index (χ3n) is 2.31. The Morgan fingerprint density at radius 3 is 2.27 bits per heavy atom. The quantitative estimate of drug-likeness (QED) is 0.477. The van der Waals surface area contributed by atoms with Crippen LogP contribution in [0.2, 0.25) is 19.1 Å². The highest BCUT2D eigenvalue weighted by Crippen LogP contribution is 2.16. The van der Waals surface area contributed by atoms with Gasteiger partial charge in [0.1, 0.15) is 6.29 Å². The van der Waals surface area contributed by atoms with Gasteiger partial charge in [0.25, 0.3) is 0 Å². The summed E-state index contributed by atoms with van der Waals surface area (Å²) in [6.45, 7) is 11.2. The highest BCUT2D eigenvalue weighted by Gasteiger charge is 2.24. The Hall–Kier alpha value is 0.0969. The molecule has 3 nitrogen and oxygen atoms in total. The molecular formula is C11H26O3Si. The zero-order chi connectivity index (χ0) is 11.9. The van der Waals surface area contributed by atoms with E-state index in [1.54, 1.807) is 7.11 Å². The second-order valence-corrected chi connectivity index (χ2v) is 8.83. The molecule has 0 saturated heterocycles. The molecule has 4 heteroatoms. The van der Waals surface area contributed by atoms with Crippen molar-refractivity contribution in [2.24, 2.45) is 0 Å². The third-order valence-corrected chi connectivity index (χ3v) is 4.98. The summed E-state index contributed by atoms with van der Waals surface area (Å²) in [6, 6.07) is 1.18. The summed E-state index contributed by atoms with van der Waals surface area (Å²) in [4.78, 5) is 0. The Labute approximate surface area is 95.2 Å². The molecule has 0 fully saturated rings. The lowest BCUT2D eigenvalue weighted by Gasteiger charge is -2.27. The fourth-order valence-corrected chi connectivity index (χ4v) is 3.77. The molecule has 0 aliphatic carbocycles. The van der Waals surface area contributed by atoms with Gasteiger partial charge in [-0.15, -0.1) is 0 Å². The van der Waals surface area contributed by atoms with Crippen LogP contribution in [0.3, 0.4) is 0 Å². The van der Waals surface area contributed by atoms with Gasteiger partial charge in [0.15, 0.2) is 8.32 Å². The Morgan fingerprint density at radius 1 is 1.20 bits per heavy atom. The van der Waals surface area contributed by atoms with Gasteiger partial charge in [0.2, 0.25) is 0 Å². The molecule has 15 heavy (non-hydrogen) atoms. The Kier molecular flexibility index (Phi) is 7.43.